The molecule has 0 fully saturated rings. The third-order valence-electron chi connectivity index (χ3n) is 2.26. The van der Waals surface area contributed by atoms with Crippen LogP contribution in [0.1, 0.15) is 11.1 Å². The van der Waals surface area contributed by atoms with Crippen molar-refractivity contribution >= 4 is 22.6 Å². The molecule has 0 amide bonds. The van der Waals surface area contributed by atoms with Crippen LogP contribution in [0.5, 0.6) is 0 Å². The number of alkyl halides is 1. The van der Waals surface area contributed by atoms with Crippen molar-refractivity contribution < 1.29 is 0 Å². The Morgan fingerprint density at radius 1 is 1.50 bits per heavy atom. The predicted molar refractivity (Wildman–Crippen MR) is 57.2 cm³/mol. The molecule has 1 aromatic heterocycles. The molecule has 12 heavy (non-hydrogen) atoms. The van der Waals surface area contributed by atoms with E-state index in [0.717, 1.165) is 17.5 Å². The molecule has 1 aliphatic rings. The first-order valence-corrected chi connectivity index (χ1v) is 5.63. The fourth-order valence-corrected chi connectivity index (χ4v) is 2.12. The lowest BCUT2D eigenvalue weighted by atomic mass is 10.0. The highest BCUT2D eigenvalue weighted by molar-refractivity contribution is 14.1. The largest absolute Gasteiger partial charge is 0.290 e. The lowest BCUT2D eigenvalue weighted by Gasteiger charge is -2.26. The summed E-state index contributed by atoms with van der Waals surface area (Å²) in [6.07, 6.45) is 5.04. The fourth-order valence-electron chi connectivity index (χ4n) is 1.54. The van der Waals surface area contributed by atoms with Gasteiger partial charge in [0.15, 0.2) is 0 Å². The molecule has 0 aromatic carbocycles. The number of aromatic nitrogens is 1. The van der Waals surface area contributed by atoms with E-state index in [9.17, 15) is 0 Å². The number of fused-ring (bicyclic) bond motifs is 1. The Labute approximate surface area is 86.1 Å². The van der Waals surface area contributed by atoms with Crippen LogP contribution in [0.3, 0.4) is 0 Å². The zero-order valence-corrected chi connectivity index (χ0v) is 8.99. The molecule has 0 atom stereocenters. The van der Waals surface area contributed by atoms with E-state index in [4.69, 9.17) is 0 Å². The number of halogens is 1. The van der Waals surface area contributed by atoms with Crippen molar-refractivity contribution in [2.45, 2.75) is 13.0 Å². The van der Waals surface area contributed by atoms with Crippen LogP contribution >= 0.6 is 22.6 Å². The maximum absolute atomic E-state index is 4.13. The zero-order valence-electron chi connectivity index (χ0n) is 6.83. The number of pyridine rings is 1. The molecule has 2 heterocycles. The molecule has 1 aliphatic heterocycles. The minimum Gasteiger partial charge on any atom is -0.290 e. The van der Waals surface area contributed by atoms with Crippen LogP contribution in [-0.4, -0.2) is 21.0 Å². The molecule has 0 N–H and O–H groups in total. The van der Waals surface area contributed by atoms with E-state index in [1.165, 1.54) is 17.7 Å². The second-order valence-corrected chi connectivity index (χ2v) is 3.75. The minimum atomic E-state index is 1.10. The number of nitrogens with zero attached hydrogens (tertiary/aromatic N) is 2. The molecule has 2 rings (SSSR count). The molecule has 0 spiro atoms. The average Bonchev–Trinajstić information content (AvgIpc) is 2.17. The highest BCUT2D eigenvalue weighted by Gasteiger charge is 2.13. The number of rotatable bonds is 1. The Morgan fingerprint density at radius 2 is 2.42 bits per heavy atom. The smallest absolute Gasteiger partial charge is 0.0509 e. The van der Waals surface area contributed by atoms with E-state index < -0.39 is 0 Å². The molecule has 0 aliphatic carbocycles. The zero-order chi connectivity index (χ0) is 8.39. The van der Waals surface area contributed by atoms with Crippen molar-refractivity contribution in [3.63, 3.8) is 0 Å². The van der Waals surface area contributed by atoms with Crippen LogP contribution in [0.4, 0.5) is 0 Å². The number of hydrogen-bond donors (Lipinski definition) is 0. The first-order chi connectivity index (χ1) is 5.90. The summed E-state index contributed by atoms with van der Waals surface area (Å²) in [7, 11) is 0. The molecule has 0 unspecified atom stereocenters. The van der Waals surface area contributed by atoms with Gasteiger partial charge in [0.05, 0.1) is 4.55 Å². The van der Waals surface area contributed by atoms with Gasteiger partial charge in [-0.15, -0.1) is 0 Å². The van der Waals surface area contributed by atoms with Gasteiger partial charge < -0.3 is 0 Å². The molecule has 1 aromatic rings. The van der Waals surface area contributed by atoms with Gasteiger partial charge in [-0.2, -0.15) is 0 Å². The molecule has 3 heteroatoms. The average molecular weight is 274 g/mol. The normalized spacial score (nSPS) is 17.4. The Kier molecular flexibility index (Phi) is 2.60. The molecule has 2 nitrogen and oxygen atoms in total. The summed E-state index contributed by atoms with van der Waals surface area (Å²) in [5, 5.41) is 0. The van der Waals surface area contributed by atoms with Gasteiger partial charge in [-0.05, 0) is 23.6 Å². The van der Waals surface area contributed by atoms with E-state index in [2.05, 4.69) is 38.5 Å². The van der Waals surface area contributed by atoms with Crippen molar-refractivity contribution in [1.82, 2.24) is 9.88 Å². The Morgan fingerprint density at radius 3 is 3.25 bits per heavy atom. The Hall–Kier alpha value is -0.160. The lowest BCUT2D eigenvalue weighted by molar-refractivity contribution is 0.306. The van der Waals surface area contributed by atoms with E-state index >= 15 is 0 Å². The monoisotopic (exact) mass is 274 g/mol. The summed E-state index contributed by atoms with van der Waals surface area (Å²) in [6, 6.07) is 2.13. The molecule has 0 radical (unpaired) electrons. The first-order valence-electron chi connectivity index (χ1n) is 4.10. The topological polar surface area (TPSA) is 16.1 Å². The summed E-state index contributed by atoms with van der Waals surface area (Å²) in [6.45, 7) is 2.28. The fraction of sp³-hybridized carbons (Fsp3) is 0.444. The van der Waals surface area contributed by atoms with E-state index in [1.54, 1.807) is 0 Å². The van der Waals surface area contributed by atoms with Crippen molar-refractivity contribution in [3.8, 4) is 0 Å². The second kappa shape index (κ2) is 3.70. The van der Waals surface area contributed by atoms with Crippen LogP contribution in [-0.2, 0) is 13.0 Å². The lowest BCUT2D eigenvalue weighted by Crippen LogP contribution is -2.29. The van der Waals surface area contributed by atoms with Gasteiger partial charge >= 0.3 is 0 Å². The van der Waals surface area contributed by atoms with Crippen molar-refractivity contribution in [2.75, 3.05) is 11.1 Å². The van der Waals surface area contributed by atoms with Crippen molar-refractivity contribution in [1.29, 1.82) is 0 Å². The van der Waals surface area contributed by atoms with Gasteiger partial charge in [0, 0.05) is 25.5 Å². The first kappa shape index (κ1) is 8.44. The highest BCUT2D eigenvalue weighted by atomic mass is 127. The maximum atomic E-state index is 4.13. The molecular weight excluding hydrogens is 263 g/mol. The molecule has 0 saturated heterocycles. The Balaban J connectivity index is 2.23. The third kappa shape index (κ3) is 1.61. The summed E-state index contributed by atoms with van der Waals surface area (Å²) in [5.74, 6) is 0. The van der Waals surface area contributed by atoms with Gasteiger partial charge in [0.1, 0.15) is 0 Å². The summed E-state index contributed by atoms with van der Waals surface area (Å²) >= 11 is 2.42. The van der Waals surface area contributed by atoms with Crippen LogP contribution in [0, 0.1) is 0 Å². The highest BCUT2D eigenvalue weighted by Crippen LogP contribution is 2.17. The van der Waals surface area contributed by atoms with E-state index in [-0.39, 0.29) is 0 Å². The maximum Gasteiger partial charge on any atom is 0.0509 e. The Bertz CT molecular complexity index is 275. The minimum absolute atomic E-state index is 1.10. The standard InChI is InChI=1S/C9H11IN2/c10-7-12-4-2-8-5-11-3-1-9(8)6-12/h1,3,5H,2,4,6-7H2. The van der Waals surface area contributed by atoms with Crippen molar-refractivity contribution in [2.24, 2.45) is 0 Å². The van der Waals surface area contributed by atoms with Crippen LogP contribution < -0.4 is 0 Å². The molecule has 0 saturated carbocycles. The van der Waals surface area contributed by atoms with Gasteiger partial charge in [-0.1, -0.05) is 22.6 Å². The van der Waals surface area contributed by atoms with Gasteiger partial charge in [-0.25, -0.2) is 0 Å². The van der Waals surface area contributed by atoms with Gasteiger partial charge in [0.25, 0.3) is 0 Å². The number of hydrogen-bond acceptors (Lipinski definition) is 2. The van der Waals surface area contributed by atoms with Crippen molar-refractivity contribution in [3.05, 3.63) is 29.6 Å². The summed E-state index contributed by atoms with van der Waals surface area (Å²) in [5.41, 5.74) is 2.88. The second-order valence-electron chi connectivity index (χ2n) is 3.07. The van der Waals surface area contributed by atoms with E-state index in [0.29, 0.717) is 0 Å². The van der Waals surface area contributed by atoms with Crippen LogP contribution in [0.2, 0.25) is 0 Å². The van der Waals surface area contributed by atoms with Crippen LogP contribution in [0.15, 0.2) is 18.5 Å². The SMILES string of the molecule is ICN1CCc2cnccc2C1. The molecule has 0 bridgehead atoms. The third-order valence-corrected chi connectivity index (χ3v) is 3.23. The quantitative estimate of drug-likeness (QED) is 0.441. The molecule has 64 valence electrons. The molecular formula is C9H11IN2. The summed E-state index contributed by atoms with van der Waals surface area (Å²) < 4.78 is 1.12. The van der Waals surface area contributed by atoms with Gasteiger partial charge in [0.2, 0.25) is 0 Å². The van der Waals surface area contributed by atoms with E-state index in [1.807, 2.05) is 12.4 Å². The van der Waals surface area contributed by atoms with Gasteiger partial charge in [-0.3, -0.25) is 9.88 Å². The summed E-state index contributed by atoms with van der Waals surface area (Å²) in [4.78, 5) is 6.58. The van der Waals surface area contributed by atoms with Crippen LogP contribution in [0.25, 0.3) is 0 Å². The predicted octanol–water partition coefficient (Wildman–Crippen LogP) is 1.83.